The van der Waals surface area contributed by atoms with Crippen LogP contribution in [0.25, 0.3) is 10.2 Å². The van der Waals surface area contributed by atoms with Gasteiger partial charge in [-0.2, -0.15) is 0 Å². The SMILES string of the molecule is COCCn1c(SCC(=O)c2cccn2C)nc2sc3c(c2c1=O)CCCC3. The predicted molar refractivity (Wildman–Crippen MR) is 113 cm³/mol. The van der Waals surface area contributed by atoms with E-state index in [-0.39, 0.29) is 17.1 Å². The van der Waals surface area contributed by atoms with Gasteiger partial charge in [0.05, 0.1) is 30.0 Å². The molecule has 0 radical (unpaired) electrons. The van der Waals surface area contributed by atoms with Gasteiger partial charge in [0.15, 0.2) is 10.9 Å². The van der Waals surface area contributed by atoms with Crippen molar-refractivity contribution in [2.45, 2.75) is 37.4 Å². The fourth-order valence-electron chi connectivity index (χ4n) is 3.66. The van der Waals surface area contributed by atoms with Gasteiger partial charge >= 0.3 is 0 Å². The molecule has 1 aliphatic carbocycles. The number of carbonyl (C=O) groups excluding carboxylic acids is 1. The molecule has 3 aromatic heterocycles. The number of hydrogen-bond donors (Lipinski definition) is 0. The number of thioether (sulfide) groups is 1. The fraction of sp³-hybridized carbons (Fsp3) is 0.450. The van der Waals surface area contributed by atoms with Crippen LogP contribution in [-0.2, 0) is 31.2 Å². The van der Waals surface area contributed by atoms with E-state index in [1.807, 2.05) is 29.9 Å². The molecule has 0 unspecified atom stereocenters. The molecule has 6 nitrogen and oxygen atoms in total. The number of rotatable bonds is 7. The lowest BCUT2D eigenvalue weighted by molar-refractivity contribution is 0.101. The minimum atomic E-state index is -0.00438. The third-order valence-corrected chi connectivity index (χ3v) is 7.28. The highest BCUT2D eigenvalue weighted by atomic mass is 32.2. The predicted octanol–water partition coefficient (Wildman–Crippen LogP) is 3.30. The van der Waals surface area contributed by atoms with Gasteiger partial charge < -0.3 is 9.30 Å². The van der Waals surface area contributed by atoms with Crippen molar-refractivity contribution in [2.24, 2.45) is 7.05 Å². The number of nitrogens with zero attached hydrogens (tertiary/aromatic N) is 3. The average molecular weight is 418 g/mol. The molecule has 148 valence electrons. The molecule has 0 saturated heterocycles. The van der Waals surface area contributed by atoms with Gasteiger partial charge in [-0.3, -0.25) is 14.2 Å². The maximum absolute atomic E-state index is 13.3. The Bertz CT molecular complexity index is 1080. The maximum Gasteiger partial charge on any atom is 0.263 e. The zero-order valence-corrected chi connectivity index (χ0v) is 17.7. The second kappa shape index (κ2) is 8.23. The van der Waals surface area contributed by atoms with E-state index in [1.165, 1.54) is 28.6 Å². The van der Waals surface area contributed by atoms with E-state index in [2.05, 4.69) is 0 Å². The van der Waals surface area contributed by atoms with E-state index >= 15 is 0 Å². The number of carbonyl (C=O) groups is 1. The molecule has 3 heterocycles. The third kappa shape index (κ3) is 3.56. The standard InChI is InChI=1S/C20H23N3O3S2/c1-22-9-5-7-14(22)15(24)12-27-20-21-18-17(19(25)23(20)10-11-26-2)13-6-3-4-8-16(13)28-18/h5,7,9H,3-4,6,8,10-12H2,1-2H3. The largest absolute Gasteiger partial charge is 0.383 e. The summed E-state index contributed by atoms with van der Waals surface area (Å²) in [6, 6.07) is 3.66. The Morgan fingerprint density at radius 3 is 2.93 bits per heavy atom. The molecule has 0 bridgehead atoms. The Labute approximate surface area is 171 Å². The van der Waals surface area contributed by atoms with Crippen LogP contribution in [0.4, 0.5) is 0 Å². The summed E-state index contributed by atoms with van der Waals surface area (Å²) in [7, 11) is 3.47. The van der Waals surface area contributed by atoms with Crippen LogP contribution in [0.2, 0.25) is 0 Å². The summed E-state index contributed by atoms with van der Waals surface area (Å²) in [4.78, 5) is 32.7. The number of hydrogen-bond acceptors (Lipinski definition) is 6. The smallest absolute Gasteiger partial charge is 0.263 e. The van der Waals surface area contributed by atoms with Crippen molar-refractivity contribution >= 4 is 39.1 Å². The van der Waals surface area contributed by atoms with Crippen LogP contribution in [0.1, 0.15) is 33.8 Å². The number of aryl methyl sites for hydroxylation is 3. The Kier molecular flexibility index (Phi) is 5.70. The summed E-state index contributed by atoms with van der Waals surface area (Å²) in [5.41, 5.74) is 1.84. The molecule has 0 fully saturated rings. The van der Waals surface area contributed by atoms with Crippen LogP contribution in [0.3, 0.4) is 0 Å². The molecule has 0 N–H and O–H groups in total. The summed E-state index contributed by atoms with van der Waals surface area (Å²) >= 11 is 2.96. The molecule has 4 rings (SSSR count). The van der Waals surface area contributed by atoms with Gasteiger partial charge in [0.2, 0.25) is 0 Å². The molecular formula is C20H23N3O3S2. The number of ether oxygens (including phenoxy) is 1. The Morgan fingerprint density at radius 1 is 1.36 bits per heavy atom. The number of ketones is 1. The van der Waals surface area contributed by atoms with Crippen molar-refractivity contribution < 1.29 is 9.53 Å². The molecule has 0 saturated carbocycles. The van der Waals surface area contributed by atoms with Crippen LogP contribution in [0, 0.1) is 0 Å². The van der Waals surface area contributed by atoms with Gasteiger partial charge in [0.1, 0.15) is 4.83 Å². The quantitative estimate of drug-likeness (QED) is 0.335. The lowest BCUT2D eigenvalue weighted by Gasteiger charge is -2.13. The number of methoxy groups -OCH3 is 1. The first-order valence-corrected chi connectivity index (χ1v) is 11.2. The number of fused-ring (bicyclic) bond motifs is 3. The first-order valence-electron chi connectivity index (χ1n) is 9.41. The number of Topliss-reactive ketones (excluding diaryl/α,β-unsaturated/α-hetero) is 1. The molecular weight excluding hydrogens is 394 g/mol. The van der Waals surface area contributed by atoms with Crippen LogP contribution in [0.15, 0.2) is 28.3 Å². The van der Waals surface area contributed by atoms with Gasteiger partial charge in [-0.25, -0.2) is 4.98 Å². The normalized spacial score (nSPS) is 13.8. The number of aromatic nitrogens is 3. The van der Waals surface area contributed by atoms with Gasteiger partial charge in [-0.1, -0.05) is 11.8 Å². The summed E-state index contributed by atoms with van der Waals surface area (Å²) < 4.78 is 8.69. The minimum absolute atomic E-state index is 0.00438. The lowest BCUT2D eigenvalue weighted by Crippen LogP contribution is -2.26. The van der Waals surface area contributed by atoms with E-state index in [9.17, 15) is 9.59 Å². The zero-order chi connectivity index (χ0) is 19.7. The van der Waals surface area contributed by atoms with E-state index in [1.54, 1.807) is 23.0 Å². The second-order valence-corrected chi connectivity index (χ2v) is 8.98. The second-order valence-electron chi connectivity index (χ2n) is 6.95. The van der Waals surface area contributed by atoms with Crippen molar-refractivity contribution in [2.75, 3.05) is 19.5 Å². The number of thiophene rings is 1. The van der Waals surface area contributed by atoms with Crippen LogP contribution < -0.4 is 5.56 Å². The highest BCUT2D eigenvalue weighted by Crippen LogP contribution is 2.34. The molecule has 0 aliphatic heterocycles. The Morgan fingerprint density at radius 2 is 2.18 bits per heavy atom. The van der Waals surface area contributed by atoms with Crippen molar-refractivity contribution in [3.63, 3.8) is 0 Å². The fourth-order valence-corrected chi connectivity index (χ4v) is 5.87. The first-order chi connectivity index (χ1) is 13.6. The highest BCUT2D eigenvalue weighted by Gasteiger charge is 2.22. The van der Waals surface area contributed by atoms with Crippen molar-refractivity contribution in [3.05, 3.63) is 44.8 Å². The minimum Gasteiger partial charge on any atom is -0.383 e. The van der Waals surface area contributed by atoms with E-state index in [4.69, 9.17) is 9.72 Å². The summed E-state index contributed by atoms with van der Waals surface area (Å²) in [5, 5.41) is 1.37. The zero-order valence-electron chi connectivity index (χ0n) is 16.1. The molecule has 0 amide bonds. The van der Waals surface area contributed by atoms with Crippen molar-refractivity contribution in [3.8, 4) is 0 Å². The molecule has 0 atom stereocenters. The van der Waals surface area contributed by atoms with Crippen LogP contribution >= 0.6 is 23.1 Å². The van der Waals surface area contributed by atoms with Gasteiger partial charge in [-0.05, 0) is 43.4 Å². The van der Waals surface area contributed by atoms with E-state index < -0.39 is 0 Å². The third-order valence-electron chi connectivity index (χ3n) is 5.12. The maximum atomic E-state index is 13.3. The van der Waals surface area contributed by atoms with Gasteiger partial charge in [0, 0.05) is 25.2 Å². The van der Waals surface area contributed by atoms with Gasteiger partial charge in [0.25, 0.3) is 5.56 Å². The Balaban J connectivity index is 1.70. The molecule has 1 aliphatic rings. The summed E-state index contributed by atoms with van der Waals surface area (Å²) in [5.74, 6) is 0.268. The Hall–Kier alpha value is -1.90. The van der Waals surface area contributed by atoms with Gasteiger partial charge in [-0.15, -0.1) is 11.3 Å². The monoisotopic (exact) mass is 417 g/mol. The molecule has 28 heavy (non-hydrogen) atoms. The summed E-state index contributed by atoms with van der Waals surface area (Å²) in [6.45, 7) is 0.863. The van der Waals surface area contributed by atoms with E-state index in [0.717, 1.165) is 29.5 Å². The highest BCUT2D eigenvalue weighted by molar-refractivity contribution is 7.99. The van der Waals surface area contributed by atoms with Crippen LogP contribution in [0.5, 0.6) is 0 Å². The van der Waals surface area contributed by atoms with Crippen molar-refractivity contribution in [1.29, 1.82) is 0 Å². The molecule has 3 aromatic rings. The van der Waals surface area contributed by atoms with E-state index in [0.29, 0.717) is 24.0 Å². The first kappa shape index (κ1) is 19.4. The summed E-state index contributed by atoms with van der Waals surface area (Å²) in [6.07, 6.45) is 6.13. The molecule has 0 aromatic carbocycles. The van der Waals surface area contributed by atoms with Crippen molar-refractivity contribution in [1.82, 2.24) is 14.1 Å². The lowest BCUT2D eigenvalue weighted by atomic mass is 9.97. The average Bonchev–Trinajstić information content (AvgIpc) is 3.28. The molecule has 8 heteroatoms. The topological polar surface area (TPSA) is 66.1 Å². The molecule has 0 spiro atoms. The van der Waals surface area contributed by atoms with Crippen LogP contribution in [-0.4, -0.2) is 39.4 Å².